The summed E-state index contributed by atoms with van der Waals surface area (Å²) in [4.78, 5) is 3.23. The fourth-order valence-corrected chi connectivity index (χ4v) is 1.82. The van der Waals surface area contributed by atoms with E-state index in [0.29, 0.717) is 7.93 Å². The van der Waals surface area contributed by atoms with Gasteiger partial charge in [0.15, 0.2) is 0 Å². The Kier molecular flexibility index (Phi) is 1.85. The first-order chi connectivity index (χ1) is 5.40. The Morgan fingerprint density at radius 2 is 2.09 bits per heavy atom. The third kappa shape index (κ3) is 1.26. The predicted octanol–water partition coefficient (Wildman–Crippen LogP) is 2.63. The monoisotopic (exact) mass is 183 g/mol. The lowest BCUT2D eigenvalue weighted by atomic mass is 10.3. The van der Waals surface area contributed by atoms with Gasteiger partial charge in [0.2, 0.25) is 0 Å². The van der Waals surface area contributed by atoms with E-state index in [0.717, 1.165) is 11.0 Å². The van der Waals surface area contributed by atoms with Crippen molar-refractivity contribution in [3.8, 4) is 0 Å². The minimum Gasteiger partial charge on any atom is -0.354 e. The number of halogens is 1. The van der Waals surface area contributed by atoms with Crippen molar-refractivity contribution in [2.24, 2.45) is 0 Å². The summed E-state index contributed by atoms with van der Waals surface area (Å²) in [5, 5.41) is 1.23. The first-order valence-corrected chi connectivity index (χ1v) is 5.36. The van der Waals surface area contributed by atoms with Gasteiger partial charge in [0.25, 0.3) is 0 Å². The third-order valence-electron chi connectivity index (χ3n) is 1.63. The molecule has 0 fully saturated rings. The maximum atomic E-state index is 5.69. The number of nitrogens with one attached hydrogen (secondary N) is 1. The van der Waals surface area contributed by atoms with Crippen LogP contribution in [0.15, 0.2) is 30.3 Å². The zero-order valence-electron chi connectivity index (χ0n) is 5.76. The van der Waals surface area contributed by atoms with E-state index in [1.54, 1.807) is 0 Å². The van der Waals surface area contributed by atoms with Crippen LogP contribution >= 0.6 is 19.2 Å². The van der Waals surface area contributed by atoms with Gasteiger partial charge in [-0.25, -0.2) is 0 Å². The van der Waals surface area contributed by atoms with Crippen LogP contribution in [0.5, 0.6) is 0 Å². The molecule has 0 bridgehead atoms. The molecule has 1 aromatic carbocycles. The number of fused-ring (bicyclic) bond motifs is 1. The lowest BCUT2D eigenvalue weighted by molar-refractivity contribution is 1.55. The van der Waals surface area contributed by atoms with Crippen LogP contribution in [0, 0.1) is 0 Å². The van der Waals surface area contributed by atoms with Crippen molar-refractivity contribution in [3.63, 3.8) is 0 Å². The molecule has 0 aliphatic heterocycles. The van der Waals surface area contributed by atoms with E-state index in [4.69, 9.17) is 11.2 Å². The molecule has 1 nitrogen and oxygen atoms in total. The summed E-state index contributed by atoms with van der Waals surface area (Å²) in [5.41, 5.74) is 2.27. The normalized spacial score (nSPS) is 11.7. The quantitative estimate of drug-likeness (QED) is 0.655. The smallest absolute Gasteiger partial charge is 0.0521 e. The molecule has 0 saturated heterocycles. The van der Waals surface area contributed by atoms with E-state index in [1.165, 1.54) is 5.39 Å². The molecule has 0 radical (unpaired) electrons. The van der Waals surface area contributed by atoms with Crippen LogP contribution in [-0.4, -0.2) is 4.98 Å². The van der Waals surface area contributed by atoms with Gasteiger partial charge in [-0.2, -0.15) is 0 Å². The maximum Gasteiger partial charge on any atom is 0.0521 e. The second kappa shape index (κ2) is 2.84. The Balaban J connectivity index is 2.69. The molecule has 11 heavy (non-hydrogen) atoms. The number of benzene rings is 1. The molecule has 1 unspecified atom stereocenters. The fourth-order valence-electron chi connectivity index (χ4n) is 1.12. The van der Waals surface area contributed by atoms with Crippen molar-refractivity contribution in [3.05, 3.63) is 30.3 Å². The highest BCUT2D eigenvalue weighted by atomic mass is 35.7. The Labute approximate surface area is 71.3 Å². The minimum atomic E-state index is 0.330. The minimum absolute atomic E-state index is 0.330. The van der Waals surface area contributed by atoms with E-state index in [2.05, 4.69) is 23.2 Å². The summed E-state index contributed by atoms with van der Waals surface area (Å²) in [7, 11) is 0.330. The lowest BCUT2D eigenvalue weighted by Crippen LogP contribution is -1.87. The molecule has 0 amide bonds. The molecular weight excluding hydrogens is 177 g/mol. The second-order valence-electron chi connectivity index (χ2n) is 2.36. The summed E-state index contributed by atoms with van der Waals surface area (Å²) in [6.45, 7) is 0. The molecule has 0 aliphatic carbocycles. The Hall–Kier alpha value is -0.520. The van der Waals surface area contributed by atoms with Crippen molar-refractivity contribution in [2.75, 3.05) is 0 Å². The number of hydrogen-bond acceptors (Lipinski definition) is 0. The third-order valence-corrected chi connectivity index (χ3v) is 2.72. The number of aromatic amines is 1. The Morgan fingerprint density at radius 3 is 2.82 bits per heavy atom. The summed E-state index contributed by atoms with van der Waals surface area (Å²) < 4.78 is 0. The van der Waals surface area contributed by atoms with E-state index in [1.807, 2.05) is 12.1 Å². The van der Waals surface area contributed by atoms with Gasteiger partial charge < -0.3 is 4.98 Å². The highest BCUT2D eigenvalue weighted by molar-refractivity contribution is 7.74. The zero-order valence-corrected chi connectivity index (χ0v) is 7.52. The van der Waals surface area contributed by atoms with Gasteiger partial charge in [0.1, 0.15) is 0 Å². The molecule has 1 heterocycles. The van der Waals surface area contributed by atoms with E-state index in [-0.39, 0.29) is 0 Å². The van der Waals surface area contributed by atoms with Crippen LogP contribution in [0.1, 0.15) is 0 Å². The molecule has 0 spiro atoms. The van der Waals surface area contributed by atoms with E-state index in [9.17, 15) is 0 Å². The first kappa shape index (κ1) is 7.15. The Bertz CT molecular complexity index is 336. The topological polar surface area (TPSA) is 15.8 Å². The van der Waals surface area contributed by atoms with Gasteiger partial charge in [0.05, 0.1) is 5.44 Å². The van der Waals surface area contributed by atoms with Crippen molar-refractivity contribution < 1.29 is 0 Å². The molecule has 0 saturated carbocycles. The van der Waals surface area contributed by atoms with Gasteiger partial charge in [0, 0.05) is 18.8 Å². The maximum absolute atomic E-state index is 5.69. The van der Waals surface area contributed by atoms with Gasteiger partial charge in [-0.3, -0.25) is 0 Å². The van der Waals surface area contributed by atoms with Gasteiger partial charge in [-0.1, -0.05) is 29.4 Å². The molecule has 2 rings (SSSR count). The van der Waals surface area contributed by atoms with Gasteiger partial charge in [-0.05, 0) is 12.1 Å². The van der Waals surface area contributed by atoms with Crippen LogP contribution < -0.4 is 5.44 Å². The Morgan fingerprint density at radius 1 is 1.27 bits per heavy atom. The van der Waals surface area contributed by atoms with Crippen LogP contribution in [0.3, 0.4) is 0 Å². The summed E-state index contributed by atoms with van der Waals surface area (Å²) in [6, 6.07) is 10.3. The summed E-state index contributed by atoms with van der Waals surface area (Å²) >= 11 is 5.69. The van der Waals surface area contributed by atoms with Crippen molar-refractivity contribution in [1.29, 1.82) is 0 Å². The molecule has 1 atom stereocenters. The van der Waals surface area contributed by atoms with Gasteiger partial charge >= 0.3 is 0 Å². The van der Waals surface area contributed by atoms with Crippen molar-refractivity contribution >= 4 is 35.5 Å². The highest BCUT2D eigenvalue weighted by Crippen LogP contribution is 2.18. The lowest BCUT2D eigenvalue weighted by Gasteiger charge is -1.84. The number of rotatable bonds is 1. The number of aromatic nitrogens is 1. The zero-order chi connectivity index (χ0) is 7.68. The number of hydrogen-bond donors (Lipinski definition) is 1. The largest absolute Gasteiger partial charge is 0.354 e. The molecule has 3 heteroatoms. The molecule has 2 aromatic rings. The molecule has 1 N–H and O–H groups in total. The van der Waals surface area contributed by atoms with Crippen LogP contribution in [0.4, 0.5) is 0 Å². The molecule has 1 aromatic heterocycles. The van der Waals surface area contributed by atoms with Crippen LogP contribution in [0.2, 0.25) is 0 Å². The van der Waals surface area contributed by atoms with Crippen molar-refractivity contribution in [1.82, 2.24) is 4.98 Å². The molecule has 56 valence electrons. The standard InChI is InChI=1S/C8H7ClNP/c9-11-8-5-6-3-1-2-4-7(6)10-8/h1-5,10-11H. The molecule has 0 aliphatic rings. The van der Waals surface area contributed by atoms with E-state index < -0.39 is 0 Å². The second-order valence-corrected chi connectivity index (χ2v) is 3.66. The highest BCUT2D eigenvalue weighted by Gasteiger charge is 1.96. The average molecular weight is 184 g/mol. The first-order valence-electron chi connectivity index (χ1n) is 3.34. The molecular formula is C8H7ClNP. The number of para-hydroxylation sites is 1. The van der Waals surface area contributed by atoms with Crippen molar-refractivity contribution in [2.45, 2.75) is 0 Å². The van der Waals surface area contributed by atoms with Gasteiger partial charge in [-0.15, -0.1) is 0 Å². The predicted molar refractivity (Wildman–Crippen MR) is 52.1 cm³/mol. The SMILES string of the molecule is ClPc1cc2ccccc2[nH]1. The van der Waals surface area contributed by atoms with Crippen LogP contribution in [-0.2, 0) is 0 Å². The van der Waals surface area contributed by atoms with E-state index >= 15 is 0 Å². The number of H-pyrrole nitrogens is 1. The fraction of sp³-hybridized carbons (Fsp3) is 0. The summed E-state index contributed by atoms with van der Waals surface area (Å²) in [5.74, 6) is 0. The van der Waals surface area contributed by atoms with Crippen LogP contribution in [0.25, 0.3) is 10.9 Å². The summed E-state index contributed by atoms with van der Waals surface area (Å²) in [6.07, 6.45) is 0. The average Bonchev–Trinajstić information content (AvgIpc) is 2.46.